The molecule has 0 radical (unpaired) electrons. The molecule has 1 amide bonds. The summed E-state index contributed by atoms with van der Waals surface area (Å²) in [7, 11) is 0. The lowest BCUT2D eigenvalue weighted by Gasteiger charge is -2.36. The van der Waals surface area contributed by atoms with Crippen molar-refractivity contribution in [1.29, 1.82) is 0 Å². The molecule has 1 N–H and O–H groups in total. The number of ether oxygens (including phenoxy) is 1. The molecule has 3 aromatic rings. The van der Waals surface area contributed by atoms with E-state index >= 15 is 0 Å². The summed E-state index contributed by atoms with van der Waals surface area (Å²) in [6.45, 7) is 0.739. The van der Waals surface area contributed by atoms with Gasteiger partial charge in [-0.1, -0.05) is 6.07 Å². The van der Waals surface area contributed by atoms with Gasteiger partial charge in [-0.3, -0.25) is 14.6 Å². The third-order valence-corrected chi connectivity index (χ3v) is 5.94. The second-order valence-electron chi connectivity index (χ2n) is 8.05. The molecule has 33 heavy (non-hydrogen) atoms. The minimum absolute atomic E-state index is 0.0649. The van der Waals surface area contributed by atoms with E-state index in [1.165, 1.54) is 24.4 Å². The Morgan fingerprint density at radius 3 is 2.70 bits per heavy atom. The van der Waals surface area contributed by atoms with Gasteiger partial charge in [0.15, 0.2) is 23.2 Å². The maximum atomic E-state index is 14.0. The fraction of sp³-hybridized carbons (Fsp3) is 0.304. The van der Waals surface area contributed by atoms with Gasteiger partial charge in [0.1, 0.15) is 5.82 Å². The normalized spacial score (nSPS) is 20.0. The van der Waals surface area contributed by atoms with Gasteiger partial charge in [-0.15, -0.1) is 0 Å². The van der Waals surface area contributed by atoms with Gasteiger partial charge in [0.2, 0.25) is 11.9 Å². The van der Waals surface area contributed by atoms with Gasteiger partial charge < -0.3 is 15.0 Å². The number of nitrogens with one attached hydrogen (secondary N) is 1. The van der Waals surface area contributed by atoms with Gasteiger partial charge in [-0.05, 0) is 31.4 Å². The van der Waals surface area contributed by atoms with E-state index in [1.807, 2.05) is 0 Å². The Bertz CT molecular complexity index is 1270. The lowest BCUT2D eigenvalue weighted by molar-refractivity contribution is -0.139. The standard InChI is InChI=1S/C23H19F3N4O3/c24-14-6-3-5-13-20(31)22(33-21(13)14)23(32)30-7-2-1-4-12(30)10-28-19-11-27-17-8-15(25)16(26)9-18(17)29-19/h3,5-6,8-9,11-12,22H,1-2,4,7,10H2,(H,28,29)/t12-,22?/m0/s1. The van der Waals surface area contributed by atoms with Crippen molar-refractivity contribution in [1.82, 2.24) is 14.9 Å². The molecule has 0 saturated carbocycles. The number of ketones is 1. The molecule has 2 aromatic carbocycles. The predicted octanol–water partition coefficient (Wildman–Crippen LogP) is 3.48. The summed E-state index contributed by atoms with van der Waals surface area (Å²) in [5, 5.41) is 3.08. The SMILES string of the molecule is O=C1c2cccc(F)c2OC1C(=O)N1CCCC[C@H]1CNc1cnc2cc(F)c(F)cc2n1. The lowest BCUT2D eigenvalue weighted by Crippen LogP contribution is -2.52. The van der Waals surface area contributed by atoms with Crippen molar-refractivity contribution in [3.05, 3.63) is 59.5 Å². The molecule has 3 heterocycles. The Hall–Kier alpha value is -3.69. The number of anilines is 1. The minimum atomic E-state index is -1.41. The zero-order valence-electron chi connectivity index (χ0n) is 17.4. The molecule has 5 rings (SSSR count). The number of rotatable bonds is 4. The van der Waals surface area contributed by atoms with E-state index in [0.29, 0.717) is 25.3 Å². The van der Waals surface area contributed by atoms with Crippen molar-refractivity contribution in [2.24, 2.45) is 0 Å². The zero-order chi connectivity index (χ0) is 23.1. The number of fused-ring (bicyclic) bond motifs is 2. The monoisotopic (exact) mass is 456 g/mol. The maximum absolute atomic E-state index is 14.0. The van der Waals surface area contributed by atoms with Crippen LogP contribution < -0.4 is 10.1 Å². The molecule has 0 aliphatic carbocycles. The molecule has 2 aliphatic heterocycles. The Morgan fingerprint density at radius 2 is 1.91 bits per heavy atom. The van der Waals surface area contributed by atoms with E-state index < -0.39 is 35.2 Å². The first-order valence-corrected chi connectivity index (χ1v) is 10.6. The molecule has 1 unspecified atom stereocenters. The number of carbonyl (C=O) groups is 2. The fourth-order valence-electron chi connectivity index (χ4n) is 4.27. The number of hydrogen-bond acceptors (Lipinski definition) is 6. The predicted molar refractivity (Wildman–Crippen MR) is 112 cm³/mol. The van der Waals surface area contributed by atoms with Crippen LogP contribution in [0.3, 0.4) is 0 Å². The second kappa shape index (κ2) is 8.34. The van der Waals surface area contributed by atoms with Crippen LogP contribution in [0.15, 0.2) is 36.5 Å². The first-order chi connectivity index (χ1) is 15.9. The van der Waals surface area contributed by atoms with Gasteiger partial charge in [0, 0.05) is 31.3 Å². The largest absolute Gasteiger partial charge is 0.468 e. The van der Waals surface area contributed by atoms with Crippen LogP contribution in [0.25, 0.3) is 11.0 Å². The van der Waals surface area contributed by atoms with Crippen LogP contribution in [0, 0.1) is 17.5 Å². The Labute approximate surface area is 186 Å². The first kappa shape index (κ1) is 21.2. The number of aromatic nitrogens is 2. The molecule has 1 saturated heterocycles. The Kier molecular flexibility index (Phi) is 5.35. The highest BCUT2D eigenvalue weighted by Crippen LogP contribution is 2.33. The lowest BCUT2D eigenvalue weighted by atomic mass is 10.00. The molecular formula is C23H19F3N4O3. The van der Waals surface area contributed by atoms with E-state index in [1.54, 1.807) is 4.90 Å². The van der Waals surface area contributed by atoms with Gasteiger partial charge >= 0.3 is 0 Å². The van der Waals surface area contributed by atoms with Crippen molar-refractivity contribution >= 4 is 28.5 Å². The number of carbonyl (C=O) groups excluding carboxylic acids is 2. The minimum Gasteiger partial charge on any atom is -0.468 e. The van der Waals surface area contributed by atoms with Crippen LogP contribution in [0.4, 0.5) is 19.0 Å². The van der Waals surface area contributed by atoms with E-state index in [2.05, 4.69) is 15.3 Å². The van der Waals surface area contributed by atoms with Crippen LogP contribution in [-0.2, 0) is 4.79 Å². The number of piperidine rings is 1. The smallest absolute Gasteiger partial charge is 0.272 e. The fourth-order valence-corrected chi connectivity index (χ4v) is 4.27. The van der Waals surface area contributed by atoms with E-state index in [4.69, 9.17) is 4.74 Å². The van der Waals surface area contributed by atoms with E-state index in [-0.39, 0.29) is 28.4 Å². The number of para-hydroxylation sites is 1. The number of Topliss-reactive ketones (excluding diaryl/α,β-unsaturated/α-hetero) is 1. The number of benzene rings is 2. The number of likely N-dealkylation sites (tertiary alicyclic amines) is 1. The van der Waals surface area contributed by atoms with Gasteiger partial charge in [-0.25, -0.2) is 18.2 Å². The maximum Gasteiger partial charge on any atom is 0.272 e. The number of halogens is 3. The van der Waals surface area contributed by atoms with Crippen molar-refractivity contribution in [3.63, 3.8) is 0 Å². The third kappa shape index (κ3) is 3.85. The third-order valence-electron chi connectivity index (χ3n) is 5.94. The summed E-state index contributed by atoms with van der Waals surface area (Å²) < 4.78 is 46.3. The molecule has 7 nitrogen and oxygen atoms in total. The molecule has 1 aromatic heterocycles. The Balaban J connectivity index is 1.31. The highest BCUT2D eigenvalue weighted by molar-refractivity contribution is 6.16. The van der Waals surface area contributed by atoms with Crippen LogP contribution in [-0.4, -0.2) is 51.8 Å². The van der Waals surface area contributed by atoms with Crippen LogP contribution in [0.1, 0.15) is 29.6 Å². The highest BCUT2D eigenvalue weighted by Gasteiger charge is 2.43. The molecule has 2 aliphatic rings. The second-order valence-corrected chi connectivity index (χ2v) is 8.05. The summed E-state index contributed by atoms with van der Waals surface area (Å²) in [6, 6.07) is 5.70. The van der Waals surface area contributed by atoms with Crippen molar-refractivity contribution in [3.8, 4) is 5.75 Å². The van der Waals surface area contributed by atoms with Crippen molar-refractivity contribution in [2.45, 2.75) is 31.4 Å². The quantitative estimate of drug-likeness (QED) is 0.606. The van der Waals surface area contributed by atoms with Gasteiger partial charge in [0.25, 0.3) is 5.91 Å². The van der Waals surface area contributed by atoms with Crippen LogP contribution in [0.5, 0.6) is 5.75 Å². The van der Waals surface area contributed by atoms with Crippen molar-refractivity contribution in [2.75, 3.05) is 18.4 Å². The van der Waals surface area contributed by atoms with E-state index in [0.717, 1.165) is 25.0 Å². The summed E-state index contributed by atoms with van der Waals surface area (Å²) in [5.41, 5.74) is 0.480. The molecule has 2 atom stereocenters. The Morgan fingerprint density at radius 1 is 1.12 bits per heavy atom. The van der Waals surface area contributed by atoms with Crippen molar-refractivity contribution < 1.29 is 27.5 Å². The number of amides is 1. The van der Waals surface area contributed by atoms with Gasteiger partial charge in [0.05, 0.1) is 22.8 Å². The zero-order valence-corrected chi connectivity index (χ0v) is 17.4. The summed E-state index contributed by atoms with van der Waals surface area (Å²) in [6.07, 6.45) is 2.33. The molecule has 170 valence electrons. The number of nitrogens with zero attached hydrogens (tertiary/aromatic N) is 3. The van der Waals surface area contributed by atoms with Crippen LogP contribution in [0.2, 0.25) is 0 Å². The summed E-state index contributed by atoms with van der Waals surface area (Å²) in [4.78, 5) is 35.8. The topological polar surface area (TPSA) is 84.4 Å². The molecule has 0 bridgehead atoms. The molecule has 0 spiro atoms. The number of hydrogen-bond donors (Lipinski definition) is 1. The highest BCUT2D eigenvalue weighted by atomic mass is 19.2. The molecule has 1 fully saturated rings. The molecular weight excluding hydrogens is 437 g/mol. The van der Waals surface area contributed by atoms with E-state index in [9.17, 15) is 22.8 Å². The summed E-state index contributed by atoms with van der Waals surface area (Å²) in [5.74, 6) is -3.61. The average Bonchev–Trinajstić information content (AvgIpc) is 3.16. The average molecular weight is 456 g/mol. The summed E-state index contributed by atoms with van der Waals surface area (Å²) >= 11 is 0. The van der Waals surface area contributed by atoms with Crippen LogP contribution >= 0.6 is 0 Å². The van der Waals surface area contributed by atoms with Gasteiger partial charge in [-0.2, -0.15) is 0 Å². The first-order valence-electron chi connectivity index (χ1n) is 10.6. The molecule has 10 heteroatoms.